The van der Waals surface area contributed by atoms with Crippen LogP contribution >= 0.6 is 0 Å². The highest BCUT2D eigenvalue weighted by molar-refractivity contribution is 5.60. The number of hydrogen-bond acceptors (Lipinski definition) is 3. The molecular weight excluding hydrogens is 230 g/mol. The van der Waals surface area contributed by atoms with Crippen LogP contribution in [0.25, 0.3) is 6.08 Å². The molecule has 0 spiro atoms. The molecule has 0 fully saturated rings. The van der Waals surface area contributed by atoms with Gasteiger partial charge in [0.1, 0.15) is 5.75 Å². The largest absolute Gasteiger partial charge is 0.490 e. The number of nitro groups is 1. The number of benzene rings is 1. The second-order valence-electron chi connectivity index (χ2n) is 3.65. The fourth-order valence-corrected chi connectivity index (χ4v) is 1.32. The maximum Gasteiger partial charge on any atom is 0.270 e. The molecule has 0 heterocycles. The lowest BCUT2D eigenvalue weighted by atomic mass is 10.1. The lowest BCUT2D eigenvalue weighted by Crippen LogP contribution is -2.06. The molecule has 1 aromatic rings. The van der Waals surface area contributed by atoms with E-state index in [1.54, 1.807) is 12.1 Å². The minimum Gasteiger partial charge on any atom is -0.490 e. The third-order valence-electron chi connectivity index (χ3n) is 1.91. The van der Waals surface area contributed by atoms with Crippen LogP contribution in [0, 0.1) is 10.1 Å². The molecule has 4 heteroatoms. The van der Waals surface area contributed by atoms with Crippen molar-refractivity contribution in [2.45, 2.75) is 40.7 Å². The molecule has 0 atom stereocenters. The van der Waals surface area contributed by atoms with Gasteiger partial charge in [0, 0.05) is 17.7 Å². The predicted octanol–water partition coefficient (Wildman–Crippen LogP) is 4.44. The maximum atomic E-state index is 10.6. The molecule has 0 unspecified atom stereocenters. The first-order chi connectivity index (χ1) is 8.54. The van der Waals surface area contributed by atoms with E-state index in [0.29, 0.717) is 5.75 Å². The van der Waals surface area contributed by atoms with Gasteiger partial charge in [0.2, 0.25) is 0 Å². The van der Waals surface area contributed by atoms with E-state index in [1.165, 1.54) is 12.1 Å². The summed E-state index contributed by atoms with van der Waals surface area (Å²) < 4.78 is 5.56. The van der Waals surface area contributed by atoms with Crippen molar-refractivity contribution >= 4 is 11.8 Å². The fourth-order valence-electron chi connectivity index (χ4n) is 1.32. The van der Waals surface area contributed by atoms with Crippen LogP contribution in [0.1, 0.15) is 40.2 Å². The number of rotatable bonds is 4. The van der Waals surface area contributed by atoms with E-state index in [-0.39, 0.29) is 11.8 Å². The van der Waals surface area contributed by atoms with Gasteiger partial charge in [0.05, 0.1) is 11.0 Å². The van der Waals surface area contributed by atoms with Gasteiger partial charge in [-0.2, -0.15) is 0 Å². The molecule has 0 aromatic heterocycles. The van der Waals surface area contributed by atoms with Crippen LogP contribution in [-0.4, -0.2) is 11.0 Å². The Kier molecular flexibility index (Phi) is 7.43. The van der Waals surface area contributed by atoms with E-state index in [1.807, 2.05) is 40.7 Å². The molecule has 18 heavy (non-hydrogen) atoms. The summed E-state index contributed by atoms with van der Waals surface area (Å²) in [5.74, 6) is 0.665. The van der Waals surface area contributed by atoms with Gasteiger partial charge in [-0.25, -0.2) is 0 Å². The number of nitro benzene ring substituents is 1. The second kappa shape index (κ2) is 8.28. The third kappa shape index (κ3) is 4.99. The summed E-state index contributed by atoms with van der Waals surface area (Å²) in [7, 11) is 0. The smallest absolute Gasteiger partial charge is 0.270 e. The van der Waals surface area contributed by atoms with Crippen LogP contribution in [0.2, 0.25) is 0 Å². The van der Waals surface area contributed by atoms with Crippen LogP contribution < -0.4 is 4.74 Å². The molecule has 0 radical (unpaired) electrons. The molecular formula is C14H21NO3. The van der Waals surface area contributed by atoms with Crippen LogP contribution in [-0.2, 0) is 0 Å². The Balaban J connectivity index is 0.00000137. The van der Waals surface area contributed by atoms with Crippen molar-refractivity contribution in [2.75, 3.05) is 0 Å². The number of allylic oxidation sites excluding steroid dienone is 1. The summed E-state index contributed by atoms with van der Waals surface area (Å²) in [6.45, 7) is 9.69. The lowest BCUT2D eigenvalue weighted by Gasteiger charge is -2.12. The average molecular weight is 251 g/mol. The average Bonchev–Trinajstić information content (AvgIpc) is 2.33. The number of nitrogens with zero attached hydrogens (tertiary/aromatic N) is 1. The van der Waals surface area contributed by atoms with E-state index >= 15 is 0 Å². The summed E-state index contributed by atoms with van der Waals surface area (Å²) in [5.41, 5.74) is 0.801. The quantitative estimate of drug-likeness (QED) is 0.587. The molecule has 1 aromatic carbocycles. The Morgan fingerprint density at radius 1 is 1.33 bits per heavy atom. The van der Waals surface area contributed by atoms with Crippen molar-refractivity contribution in [1.82, 2.24) is 0 Å². The Morgan fingerprint density at radius 3 is 2.39 bits per heavy atom. The molecule has 100 valence electrons. The van der Waals surface area contributed by atoms with E-state index in [2.05, 4.69) is 0 Å². The monoisotopic (exact) mass is 251 g/mol. The normalized spacial score (nSPS) is 10.1. The molecule has 0 amide bonds. The van der Waals surface area contributed by atoms with Crippen molar-refractivity contribution in [3.8, 4) is 5.75 Å². The first kappa shape index (κ1) is 16.2. The number of non-ortho nitro benzene ring substituents is 1. The minimum absolute atomic E-state index is 0.0467. The second-order valence-corrected chi connectivity index (χ2v) is 3.65. The molecule has 0 saturated heterocycles. The summed E-state index contributed by atoms with van der Waals surface area (Å²) in [6, 6.07) is 4.59. The van der Waals surface area contributed by atoms with Gasteiger partial charge in [-0.3, -0.25) is 10.1 Å². The fraction of sp³-hybridized carbons (Fsp3) is 0.429. The molecule has 0 bridgehead atoms. The SMILES string of the molecule is C/C=C/c1cc([N+](=O)[O-])ccc1OC(C)C.CC. The number of hydrogen-bond donors (Lipinski definition) is 0. The van der Waals surface area contributed by atoms with Crippen molar-refractivity contribution in [3.05, 3.63) is 40.0 Å². The first-order valence-electron chi connectivity index (χ1n) is 6.12. The topological polar surface area (TPSA) is 52.4 Å². The van der Waals surface area contributed by atoms with E-state index < -0.39 is 4.92 Å². The number of ether oxygens (including phenoxy) is 1. The van der Waals surface area contributed by atoms with E-state index in [0.717, 1.165) is 5.56 Å². The van der Waals surface area contributed by atoms with Crippen molar-refractivity contribution in [1.29, 1.82) is 0 Å². The van der Waals surface area contributed by atoms with Crippen LogP contribution in [0.4, 0.5) is 5.69 Å². The zero-order valence-electron chi connectivity index (χ0n) is 11.6. The van der Waals surface area contributed by atoms with Gasteiger partial charge in [0.15, 0.2) is 0 Å². The lowest BCUT2D eigenvalue weighted by molar-refractivity contribution is -0.384. The van der Waals surface area contributed by atoms with Crippen molar-refractivity contribution < 1.29 is 9.66 Å². The molecule has 4 nitrogen and oxygen atoms in total. The predicted molar refractivity (Wildman–Crippen MR) is 74.9 cm³/mol. The first-order valence-corrected chi connectivity index (χ1v) is 6.12. The Labute approximate surface area is 108 Å². The van der Waals surface area contributed by atoms with Gasteiger partial charge in [-0.05, 0) is 26.8 Å². The summed E-state index contributed by atoms with van der Waals surface area (Å²) in [6.07, 6.45) is 3.67. The third-order valence-corrected chi connectivity index (χ3v) is 1.91. The zero-order valence-corrected chi connectivity index (χ0v) is 11.6. The van der Waals surface area contributed by atoms with Gasteiger partial charge >= 0.3 is 0 Å². The van der Waals surface area contributed by atoms with Crippen LogP contribution in [0.5, 0.6) is 5.75 Å². The van der Waals surface area contributed by atoms with Crippen molar-refractivity contribution in [3.63, 3.8) is 0 Å². The molecule has 1 rings (SSSR count). The molecule has 0 aliphatic carbocycles. The van der Waals surface area contributed by atoms with Gasteiger partial charge in [-0.1, -0.05) is 26.0 Å². The Bertz CT molecular complexity index is 412. The van der Waals surface area contributed by atoms with Crippen molar-refractivity contribution in [2.24, 2.45) is 0 Å². The highest BCUT2D eigenvalue weighted by atomic mass is 16.6. The Hall–Kier alpha value is -1.84. The summed E-state index contributed by atoms with van der Waals surface area (Å²) in [5, 5.41) is 10.6. The molecule has 0 saturated carbocycles. The Morgan fingerprint density at radius 2 is 1.94 bits per heavy atom. The van der Waals surface area contributed by atoms with Gasteiger partial charge in [0.25, 0.3) is 5.69 Å². The van der Waals surface area contributed by atoms with Crippen LogP contribution in [0.15, 0.2) is 24.3 Å². The minimum atomic E-state index is -0.411. The van der Waals surface area contributed by atoms with Gasteiger partial charge in [-0.15, -0.1) is 0 Å². The molecule has 0 aliphatic rings. The molecule has 0 N–H and O–H groups in total. The highest BCUT2D eigenvalue weighted by Crippen LogP contribution is 2.26. The summed E-state index contributed by atoms with van der Waals surface area (Å²) >= 11 is 0. The maximum absolute atomic E-state index is 10.6. The van der Waals surface area contributed by atoms with E-state index in [9.17, 15) is 10.1 Å². The van der Waals surface area contributed by atoms with E-state index in [4.69, 9.17) is 4.74 Å². The zero-order chi connectivity index (χ0) is 14.1. The standard InChI is InChI=1S/C12H15NO3.C2H6/c1-4-5-10-8-11(13(14)15)6-7-12(10)16-9(2)3;1-2/h4-9H,1-3H3;1-2H3/b5-4+;. The summed E-state index contributed by atoms with van der Waals surface area (Å²) in [4.78, 5) is 10.2. The molecule has 0 aliphatic heterocycles. The highest BCUT2D eigenvalue weighted by Gasteiger charge is 2.10. The van der Waals surface area contributed by atoms with Gasteiger partial charge < -0.3 is 4.74 Å². The van der Waals surface area contributed by atoms with Crippen LogP contribution in [0.3, 0.4) is 0 Å².